The molecule has 4 rings (SSSR count). The van der Waals surface area contributed by atoms with Gasteiger partial charge in [-0.05, 0) is 30.7 Å². The van der Waals surface area contributed by atoms with Crippen LogP contribution in [0.1, 0.15) is 21.6 Å². The fourth-order valence-corrected chi connectivity index (χ4v) is 2.82. The number of pyridine rings is 2. The van der Waals surface area contributed by atoms with Crippen LogP contribution in [-0.2, 0) is 11.3 Å². The van der Waals surface area contributed by atoms with Crippen LogP contribution in [0.3, 0.4) is 0 Å². The molecule has 0 saturated carbocycles. The zero-order chi connectivity index (χ0) is 18.1. The Hall–Kier alpha value is -3.54. The van der Waals surface area contributed by atoms with Gasteiger partial charge in [0.2, 0.25) is 0 Å². The van der Waals surface area contributed by atoms with Crippen molar-refractivity contribution in [2.45, 2.75) is 13.5 Å². The van der Waals surface area contributed by atoms with Gasteiger partial charge in [-0.1, -0.05) is 24.3 Å². The lowest BCUT2D eigenvalue weighted by molar-refractivity contribution is 0.0470. The van der Waals surface area contributed by atoms with E-state index in [-0.39, 0.29) is 12.2 Å². The number of hydrogen-bond donors (Lipinski definition) is 0. The largest absolute Gasteiger partial charge is 0.456 e. The number of carbonyl (C=O) groups is 1. The van der Waals surface area contributed by atoms with E-state index in [1.807, 2.05) is 31.2 Å². The number of carbonyl (C=O) groups excluding carboxylic acids is 1. The highest BCUT2D eigenvalue weighted by Gasteiger charge is 2.13. The SMILES string of the molecule is Cc1ccc2nc(COC(=O)c3cccc4cccnc34)cc(=O)n2c1. The van der Waals surface area contributed by atoms with Crippen LogP contribution in [0.15, 0.2) is 65.7 Å². The first-order chi connectivity index (χ1) is 12.6. The molecule has 0 radical (unpaired) electrons. The van der Waals surface area contributed by atoms with E-state index in [0.29, 0.717) is 22.4 Å². The number of esters is 1. The first-order valence-corrected chi connectivity index (χ1v) is 8.12. The van der Waals surface area contributed by atoms with E-state index in [0.717, 1.165) is 10.9 Å². The molecule has 0 saturated heterocycles. The number of benzene rings is 1. The third kappa shape index (κ3) is 2.93. The zero-order valence-electron chi connectivity index (χ0n) is 14.0. The Labute approximate surface area is 148 Å². The van der Waals surface area contributed by atoms with Crippen molar-refractivity contribution in [3.63, 3.8) is 0 Å². The van der Waals surface area contributed by atoms with Crippen molar-refractivity contribution in [2.24, 2.45) is 0 Å². The third-order valence-electron chi connectivity index (χ3n) is 4.06. The first kappa shape index (κ1) is 16.0. The lowest BCUT2D eigenvalue weighted by atomic mass is 10.1. The van der Waals surface area contributed by atoms with E-state index in [2.05, 4.69) is 9.97 Å². The summed E-state index contributed by atoms with van der Waals surface area (Å²) in [5.41, 5.74) is 2.64. The molecular formula is C20H15N3O3. The van der Waals surface area contributed by atoms with E-state index in [1.54, 1.807) is 30.6 Å². The number of para-hydroxylation sites is 1. The van der Waals surface area contributed by atoms with Gasteiger partial charge in [-0.2, -0.15) is 0 Å². The molecule has 0 aliphatic heterocycles. The second-order valence-corrected chi connectivity index (χ2v) is 5.98. The van der Waals surface area contributed by atoms with Crippen LogP contribution in [0.2, 0.25) is 0 Å². The van der Waals surface area contributed by atoms with Crippen LogP contribution < -0.4 is 5.56 Å². The maximum atomic E-state index is 12.5. The van der Waals surface area contributed by atoms with Crippen molar-refractivity contribution in [2.75, 3.05) is 0 Å². The molecule has 0 amide bonds. The number of aryl methyl sites for hydroxylation is 1. The molecule has 0 aliphatic rings. The van der Waals surface area contributed by atoms with Gasteiger partial charge in [-0.25, -0.2) is 9.78 Å². The molecule has 0 unspecified atom stereocenters. The van der Waals surface area contributed by atoms with Gasteiger partial charge in [-0.15, -0.1) is 0 Å². The van der Waals surface area contributed by atoms with Gasteiger partial charge in [0.1, 0.15) is 12.3 Å². The minimum absolute atomic E-state index is 0.0817. The monoisotopic (exact) mass is 345 g/mol. The van der Waals surface area contributed by atoms with Gasteiger partial charge in [0.05, 0.1) is 16.8 Å². The Morgan fingerprint density at radius 3 is 2.88 bits per heavy atom. The van der Waals surface area contributed by atoms with Crippen molar-refractivity contribution in [1.82, 2.24) is 14.4 Å². The summed E-state index contributed by atoms with van der Waals surface area (Å²) in [6.07, 6.45) is 3.36. The highest BCUT2D eigenvalue weighted by atomic mass is 16.5. The van der Waals surface area contributed by atoms with Gasteiger partial charge in [-0.3, -0.25) is 14.2 Å². The molecule has 3 heterocycles. The molecule has 0 fully saturated rings. The van der Waals surface area contributed by atoms with Crippen LogP contribution in [0.4, 0.5) is 0 Å². The molecule has 6 nitrogen and oxygen atoms in total. The molecule has 26 heavy (non-hydrogen) atoms. The summed E-state index contributed by atoms with van der Waals surface area (Å²) < 4.78 is 6.83. The van der Waals surface area contributed by atoms with Crippen LogP contribution in [0, 0.1) is 6.92 Å². The standard InChI is InChI=1S/C20H15N3O3/c1-13-7-8-17-22-15(10-18(24)23(17)11-13)12-26-20(25)16-6-2-4-14-5-3-9-21-19(14)16/h2-11H,12H2,1H3. The lowest BCUT2D eigenvalue weighted by Crippen LogP contribution is -2.17. The fourth-order valence-electron chi connectivity index (χ4n) is 2.82. The van der Waals surface area contributed by atoms with E-state index in [9.17, 15) is 9.59 Å². The Bertz CT molecular complexity index is 1190. The average molecular weight is 345 g/mol. The Balaban J connectivity index is 1.60. The van der Waals surface area contributed by atoms with Gasteiger partial charge < -0.3 is 4.74 Å². The molecule has 0 aliphatic carbocycles. The molecule has 128 valence electrons. The topological polar surface area (TPSA) is 73.6 Å². The molecule has 6 heteroatoms. The molecule has 0 N–H and O–H groups in total. The summed E-state index contributed by atoms with van der Waals surface area (Å²) in [5, 5.41) is 0.861. The molecule has 3 aromatic heterocycles. The second-order valence-electron chi connectivity index (χ2n) is 5.98. The van der Waals surface area contributed by atoms with Crippen LogP contribution in [-0.4, -0.2) is 20.3 Å². The van der Waals surface area contributed by atoms with Crippen molar-refractivity contribution in [3.8, 4) is 0 Å². The summed E-state index contributed by atoms with van der Waals surface area (Å²) in [5.74, 6) is -0.500. The normalized spacial score (nSPS) is 11.0. The smallest absolute Gasteiger partial charge is 0.340 e. The van der Waals surface area contributed by atoms with Crippen molar-refractivity contribution >= 4 is 22.5 Å². The summed E-state index contributed by atoms with van der Waals surface area (Å²) in [6.45, 7) is 1.82. The number of hydrogen-bond acceptors (Lipinski definition) is 5. The van der Waals surface area contributed by atoms with Gasteiger partial charge in [0.25, 0.3) is 5.56 Å². The van der Waals surface area contributed by atoms with E-state index in [1.165, 1.54) is 10.5 Å². The summed E-state index contributed by atoms with van der Waals surface area (Å²) in [4.78, 5) is 33.3. The number of ether oxygens (including phenoxy) is 1. The molecule has 1 aromatic carbocycles. The Kier molecular flexibility index (Phi) is 3.93. The first-order valence-electron chi connectivity index (χ1n) is 8.12. The predicted molar refractivity (Wildman–Crippen MR) is 97.1 cm³/mol. The predicted octanol–water partition coefficient (Wildman–Crippen LogP) is 2.91. The molecule has 0 bridgehead atoms. The lowest BCUT2D eigenvalue weighted by Gasteiger charge is -2.08. The van der Waals surface area contributed by atoms with E-state index < -0.39 is 5.97 Å². The van der Waals surface area contributed by atoms with Crippen LogP contribution in [0.5, 0.6) is 0 Å². The van der Waals surface area contributed by atoms with E-state index >= 15 is 0 Å². The Morgan fingerprint density at radius 2 is 2.00 bits per heavy atom. The minimum atomic E-state index is -0.500. The number of nitrogens with zero attached hydrogens (tertiary/aromatic N) is 3. The fraction of sp³-hybridized carbons (Fsp3) is 0.100. The van der Waals surface area contributed by atoms with Gasteiger partial charge in [0, 0.05) is 23.8 Å². The molecule has 4 aromatic rings. The summed E-state index contributed by atoms with van der Waals surface area (Å²) in [7, 11) is 0. The maximum Gasteiger partial charge on any atom is 0.340 e. The van der Waals surface area contributed by atoms with Crippen molar-refractivity contribution in [1.29, 1.82) is 0 Å². The highest BCUT2D eigenvalue weighted by molar-refractivity contribution is 6.02. The summed E-state index contributed by atoms with van der Waals surface area (Å²) >= 11 is 0. The summed E-state index contributed by atoms with van der Waals surface area (Å²) in [6, 6.07) is 14.0. The molecule has 0 spiro atoms. The van der Waals surface area contributed by atoms with Gasteiger partial charge >= 0.3 is 5.97 Å². The number of rotatable bonds is 3. The molecular weight excluding hydrogens is 330 g/mol. The van der Waals surface area contributed by atoms with Crippen LogP contribution >= 0.6 is 0 Å². The maximum absolute atomic E-state index is 12.5. The van der Waals surface area contributed by atoms with Crippen LogP contribution in [0.25, 0.3) is 16.6 Å². The number of aromatic nitrogens is 3. The Morgan fingerprint density at radius 1 is 1.15 bits per heavy atom. The second kappa shape index (κ2) is 6.40. The highest BCUT2D eigenvalue weighted by Crippen LogP contribution is 2.17. The third-order valence-corrected chi connectivity index (χ3v) is 4.06. The van der Waals surface area contributed by atoms with E-state index in [4.69, 9.17) is 4.74 Å². The van der Waals surface area contributed by atoms with Crippen molar-refractivity contribution < 1.29 is 9.53 Å². The average Bonchev–Trinajstić information content (AvgIpc) is 2.66. The minimum Gasteiger partial charge on any atom is -0.456 e. The zero-order valence-corrected chi connectivity index (χ0v) is 14.0. The quantitative estimate of drug-likeness (QED) is 0.534. The molecule has 0 atom stereocenters. The van der Waals surface area contributed by atoms with Crippen molar-refractivity contribution in [3.05, 3.63) is 88.1 Å². The number of fused-ring (bicyclic) bond motifs is 2. The van der Waals surface area contributed by atoms with Gasteiger partial charge in [0.15, 0.2) is 0 Å².